The second kappa shape index (κ2) is 7.41. The van der Waals surface area contributed by atoms with Gasteiger partial charge in [0.25, 0.3) is 5.91 Å². The van der Waals surface area contributed by atoms with Crippen LogP contribution in [0.3, 0.4) is 0 Å². The third kappa shape index (κ3) is 3.81. The summed E-state index contributed by atoms with van der Waals surface area (Å²) in [5.74, 6) is 0.207. The van der Waals surface area contributed by atoms with Crippen molar-refractivity contribution in [2.24, 2.45) is 5.41 Å². The molecule has 2 amide bonds. The quantitative estimate of drug-likeness (QED) is 0.867. The van der Waals surface area contributed by atoms with Crippen LogP contribution in [0.2, 0.25) is 0 Å². The van der Waals surface area contributed by atoms with Gasteiger partial charge in [0.1, 0.15) is 0 Å². The van der Waals surface area contributed by atoms with Crippen LogP contribution in [0.5, 0.6) is 0 Å². The minimum atomic E-state index is 0.00543. The fraction of sp³-hybridized carbons (Fsp3) is 0.500. The van der Waals surface area contributed by atoms with Crippen molar-refractivity contribution >= 4 is 11.8 Å². The summed E-state index contributed by atoms with van der Waals surface area (Å²) in [6.07, 6.45) is 3.46. The van der Waals surface area contributed by atoms with Crippen molar-refractivity contribution in [3.63, 3.8) is 0 Å². The van der Waals surface area contributed by atoms with Gasteiger partial charge in [0.05, 0.1) is 5.69 Å². The zero-order valence-corrected chi connectivity index (χ0v) is 16.6. The molecule has 2 aromatic rings. The van der Waals surface area contributed by atoms with E-state index >= 15 is 0 Å². The van der Waals surface area contributed by atoms with Gasteiger partial charge in [-0.25, -0.2) is 0 Å². The van der Waals surface area contributed by atoms with E-state index in [0.717, 1.165) is 43.7 Å². The first-order valence-electron chi connectivity index (χ1n) is 10.1. The Morgan fingerprint density at radius 3 is 2.54 bits per heavy atom. The largest absolute Gasteiger partial charge is 0.349 e. The predicted octanol–water partition coefficient (Wildman–Crippen LogP) is 2.70. The highest BCUT2D eigenvalue weighted by atomic mass is 16.2. The highest BCUT2D eigenvalue weighted by Gasteiger charge is 2.55. The Morgan fingerprint density at radius 1 is 1.18 bits per heavy atom. The predicted molar refractivity (Wildman–Crippen MR) is 107 cm³/mol. The number of hydrogen-bond donors (Lipinski definition) is 1. The molecule has 28 heavy (non-hydrogen) atoms. The third-order valence-electron chi connectivity index (χ3n) is 6.28. The van der Waals surface area contributed by atoms with E-state index in [2.05, 4.69) is 10.4 Å². The molecule has 2 heterocycles. The van der Waals surface area contributed by atoms with Crippen molar-refractivity contribution < 1.29 is 9.59 Å². The molecule has 6 nitrogen and oxygen atoms in total. The Bertz CT molecular complexity index is 866. The number of piperidine rings is 1. The van der Waals surface area contributed by atoms with E-state index in [1.54, 1.807) is 0 Å². The van der Waals surface area contributed by atoms with Crippen LogP contribution in [0.25, 0.3) is 0 Å². The number of likely N-dealkylation sites (tertiary alicyclic amines) is 1. The van der Waals surface area contributed by atoms with E-state index in [-0.39, 0.29) is 23.3 Å². The van der Waals surface area contributed by atoms with Crippen LogP contribution in [0, 0.1) is 19.3 Å². The first kappa shape index (κ1) is 18.7. The van der Waals surface area contributed by atoms with Crippen LogP contribution >= 0.6 is 0 Å². The zero-order valence-electron chi connectivity index (χ0n) is 16.6. The fourth-order valence-electron chi connectivity index (χ4n) is 4.40. The number of rotatable bonds is 5. The molecule has 1 saturated heterocycles. The molecule has 0 bridgehead atoms. The average molecular weight is 380 g/mol. The number of benzene rings is 1. The van der Waals surface area contributed by atoms with Gasteiger partial charge in [-0.15, -0.1) is 0 Å². The number of hydrogen-bond acceptors (Lipinski definition) is 3. The van der Waals surface area contributed by atoms with Crippen LogP contribution in [-0.2, 0) is 11.3 Å². The molecular weight excluding hydrogens is 352 g/mol. The van der Waals surface area contributed by atoms with E-state index in [1.165, 1.54) is 0 Å². The molecule has 6 heteroatoms. The summed E-state index contributed by atoms with van der Waals surface area (Å²) in [5.41, 5.74) is 2.98. The van der Waals surface area contributed by atoms with Gasteiger partial charge in [-0.3, -0.25) is 14.3 Å². The van der Waals surface area contributed by atoms with Crippen molar-refractivity contribution in [3.8, 4) is 0 Å². The Labute approximate surface area is 165 Å². The van der Waals surface area contributed by atoms with Gasteiger partial charge >= 0.3 is 0 Å². The monoisotopic (exact) mass is 380 g/mol. The van der Waals surface area contributed by atoms with Crippen molar-refractivity contribution in [2.45, 2.75) is 52.1 Å². The number of aromatic nitrogens is 2. The molecule has 1 aromatic heterocycles. The van der Waals surface area contributed by atoms with E-state index in [9.17, 15) is 9.59 Å². The molecule has 1 aliphatic heterocycles. The smallest absolute Gasteiger partial charge is 0.251 e. The molecule has 1 aliphatic carbocycles. The molecule has 148 valence electrons. The Hall–Kier alpha value is -2.63. The molecule has 2 aliphatic rings. The lowest BCUT2D eigenvalue weighted by Gasteiger charge is -2.33. The van der Waals surface area contributed by atoms with Gasteiger partial charge in [-0.05, 0) is 56.7 Å². The number of carbonyl (C=O) groups is 2. The minimum Gasteiger partial charge on any atom is -0.349 e. The summed E-state index contributed by atoms with van der Waals surface area (Å²) in [5, 5.41) is 7.60. The first-order valence-corrected chi connectivity index (χ1v) is 10.1. The highest BCUT2D eigenvalue weighted by molar-refractivity contribution is 5.94. The topological polar surface area (TPSA) is 67.2 Å². The lowest BCUT2D eigenvalue weighted by atomic mass is 9.92. The second-order valence-electron chi connectivity index (χ2n) is 8.24. The lowest BCUT2D eigenvalue weighted by Crippen LogP contribution is -2.42. The average Bonchev–Trinajstić information content (AvgIpc) is 3.24. The highest BCUT2D eigenvalue weighted by Crippen LogP contribution is 2.54. The van der Waals surface area contributed by atoms with Crippen LogP contribution < -0.4 is 5.32 Å². The molecule has 1 N–H and O–H groups in total. The van der Waals surface area contributed by atoms with Gasteiger partial charge in [0.15, 0.2) is 0 Å². The van der Waals surface area contributed by atoms with Crippen molar-refractivity contribution in [1.29, 1.82) is 0 Å². The van der Waals surface area contributed by atoms with Gasteiger partial charge in [0.2, 0.25) is 5.91 Å². The minimum absolute atomic E-state index is 0.00543. The number of nitrogens with one attached hydrogen (secondary N) is 1. The summed E-state index contributed by atoms with van der Waals surface area (Å²) in [7, 11) is 0. The molecule has 1 atom stereocenters. The van der Waals surface area contributed by atoms with Gasteiger partial charge in [0, 0.05) is 43.4 Å². The fourth-order valence-corrected chi connectivity index (χ4v) is 4.40. The van der Waals surface area contributed by atoms with Crippen LogP contribution in [0.1, 0.15) is 47.4 Å². The molecule has 1 saturated carbocycles. The molecule has 4 rings (SSSR count). The van der Waals surface area contributed by atoms with Crippen molar-refractivity contribution in [3.05, 3.63) is 53.3 Å². The maximum Gasteiger partial charge on any atom is 0.251 e. The van der Waals surface area contributed by atoms with E-state index < -0.39 is 0 Å². The van der Waals surface area contributed by atoms with Crippen LogP contribution in [0.4, 0.5) is 0 Å². The lowest BCUT2D eigenvalue weighted by molar-refractivity contribution is -0.133. The van der Waals surface area contributed by atoms with Crippen LogP contribution in [0.15, 0.2) is 36.4 Å². The van der Waals surface area contributed by atoms with Crippen LogP contribution in [-0.4, -0.2) is 45.6 Å². The number of aryl methyl sites for hydroxylation is 3. The Balaban J connectivity index is 1.24. The standard InChI is InChI=1S/C22H28N4O2/c1-16-14-17(2)26(24-16)11-8-20(27)25-12-9-22(10-13-25)15-19(22)23-21(28)18-6-4-3-5-7-18/h3-7,14,19H,8-13,15H2,1-2H3,(H,23,28). The van der Waals surface area contributed by atoms with Gasteiger partial charge in [-0.1, -0.05) is 18.2 Å². The number of nitrogens with zero attached hydrogens (tertiary/aromatic N) is 3. The summed E-state index contributed by atoms with van der Waals surface area (Å²) in [6.45, 7) is 6.20. The van der Waals surface area contributed by atoms with E-state index in [1.807, 2.05) is 59.8 Å². The number of amides is 2. The third-order valence-corrected chi connectivity index (χ3v) is 6.28. The summed E-state index contributed by atoms with van der Waals surface area (Å²) >= 11 is 0. The van der Waals surface area contributed by atoms with Crippen molar-refractivity contribution in [1.82, 2.24) is 20.0 Å². The number of carbonyl (C=O) groups excluding carboxylic acids is 2. The summed E-state index contributed by atoms with van der Waals surface area (Å²) < 4.78 is 1.91. The Kier molecular flexibility index (Phi) is 4.96. The normalized spacial score (nSPS) is 20.2. The molecule has 1 aromatic carbocycles. The zero-order chi connectivity index (χ0) is 19.7. The molecule has 1 unspecified atom stereocenters. The van der Waals surface area contributed by atoms with Gasteiger partial charge in [-0.2, -0.15) is 5.10 Å². The molecule has 0 radical (unpaired) electrons. The van der Waals surface area contributed by atoms with E-state index in [0.29, 0.717) is 18.5 Å². The second-order valence-corrected chi connectivity index (χ2v) is 8.24. The SMILES string of the molecule is Cc1cc(C)n(CCC(=O)N2CCC3(CC2)CC3NC(=O)c2ccccc2)n1. The Morgan fingerprint density at radius 2 is 1.89 bits per heavy atom. The summed E-state index contributed by atoms with van der Waals surface area (Å²) in [6, 6.07) is 11.6. The van der Waals surface area contributed by atoms with E-state index in [4.69, 9.17) is 0 Å². The molecular formula is C22H28N4O2. The maximum absolute atomic E-state index is 12.6. The van der Waals surface area contributed by atoms with Crippen molar-refractivity contribution in [2.75, 3.05) is 13.1 Å². The first-order chi connectivity index (χ1) is 13.5. The maximum atomic E-state index is 12.6. The van der Waals surface area contributed by atoms with Gasteiger partial charge < -0.3 is 10.2 Å². The molecule has 1 spiro atoms. The summed E-state index contributed by atoms with van der Waals surface area (Å²) in [4.78, 5) is 26.9. The molecule has 2 fully saturated rings.